The highest BCUT2D eigenvalue weighted by atomic mass is 16.6. The van der Waals surface area contributed by atoms with Crippen molar-refractivity contribution in [3.8, 4) is 6.07 Å². The lowest BCUT2D eigenvalue weighted by atomic mass is 10.0. The zero-order valence-electron chi connectivity index (χ0n) is 13.3. The van der Waals surface area contributed by atoms with Crippen LogP contribution in [-0.2, 0) is 17.7 Å². The Bertz CT molecular complexity index is 590. The summed E-state index contributed by atoms with van der Waals surface area (Å²) < 4.78 is 7.26. The number of hydrogen-bond acceptors (Lipinski definition) is 4. The molecule has 1 aliphatic heterocycles. The third-order valence-electron chi connectivity index (χ3n) is 3.34. The highest BCUT2D eigenvalue weighted by Crippen LogP contribution is 2.25. The van der Waals surface area contributed by atoms with Crippen molar-refractivity contribution in [2.75, 3.05) is 6.54 Å². The predicted octanol–water partition coefficient (Wildman–Crippen LogP) is 2.63. The number of aromatic nitrogens is 2. The Morgan fingerprint density at radius 2 is 2.10 bits per heavy atom. The number of rotatable bonds is 1. The number of amides is 1. The van der Waals surface area contributed by atoms with Crippen LogP contribution >= 0.6 is 0 Å². The smallest absolute Gasteiger partial charge is 0.410 e. The monoisotopic (exact) mass is 290 g/mol. The maximum atomic E-state index is 12.2. The normalized spacial score (nSPS) is 14.8. The minimum atomic E-state index is -0.506. The molecule has 0 N–H and O–H groups in total. The quantitative estimate of drug-likeness (QED) is 0.797. The minimum absolute atomic E-state index is 0.152. The number of hydrogen-bond donors (Lipinski definition) is 0. The first-order valence-corrected chi connectivity index (χ1v) is 7.21. The summed E-state index contributed by atoms with van der Waals surface area (Å²) >= 11 is 0. The number of carbonyl (C=O) groups is 1. The topological polar surface area (TPSA) is 71.2 Å². The second-order valence-corrected chi connectivity index (χ2v) is 6.58. The van der Waals surface area contributed by atoms with Crippen LogP contribution in [0.4, 0.5) is 4.79 Å². The fourth-order valence-electron chi connectivity index (χ4n) is 2.44. The molecule has 0 fully saturated rings. The van der Waals surface area contributed by atoms with E-state index in [-0.39, 0.29) is 12.1 Å². The average molecular weight is 290 g/mol. The molecular weight excluding hydrogens is 268 g/mol. The van der Waals surface area contributed by atoms with Crippen molar-refractivity contribution in [2.45, 2.75) is 59.2 Å². The zero-order chi connectivity index (χ0) is 15.8. The second-order valence-electron chi connectivity index (χ2n) is 6.58. The van der Waals surface area contributed by atoms with Crippen LogP contribution in [0.25, 0.3) is 0 Å². The first kappa shape index (κ1) is 15.4. The van der Waals surface area contributed by atoms with Gasteiger partial charge in [0.1, 0.15) is 11.7 Å². The first-order chi connectivity index (χ1) is 9.73. The Labute approximate surface area is 125 Å². The van der Waals surface area contributed by atoms with Crippen molar-refractivity contribution < 1.29 is 9.53 Å². The number of nitriles is 1. The minimum Gasteiger partial charge on any atom is -0.444 e. The van der Waals surface area contributed by atoms with Crippen molar-refractivity contribution in [2.24, 2.45) is 0 Å². The van der Waals surface area contributed by atoms with Gasteiger partial charge in [-0.25, -0.2) is 4.79 Å². The van der Waals surface area contributed by atoms with Crippen molar-refractivity contribution >= 4 is 6.09 Å². The molecule has 1 aromatic heterocycles. The van der Waals surface area contributed by atoms with Gasteiger partial charge in [0.05, 0.1) is 12.2 Å². The van der Waals surface area contributed by atoms with Gasteiger partial charge in [-0.3, -0.25) is 4.68 Å². The van der Waals surface area contributed by atoms with Gasteiger partial charge in [-0.15, -0.1) is 0 Å². The maximum absolute atomic E-state index is 12.2. The van der Waals surface area contributed by atoms with E-state index in [1.165, 1.54) is 0 Å². The van der Waals surface area contributed by atoms with E-state index in [4.69, 9.17) is 4.74 Å². The molecule has 6 nitrogen and oxygen atoms in total. The summed E-state index contributed by atoms with van der Waals surface area (Å²) in [6, 6.07) is 2.30. The van der Waals surface area contributed by atoms with Gasteiger partial charge in [0.15, 0.2) is 5.69 Å². The van der Waals surface area contributed by atoms with E-state index in [9.17, 15) is 10.1 Å². The van der Waals surface area contributed by atoms with E-state index in [2.05, 4.69) is 11.2 Å². The third kappa shape index (κ3) is 3.18. The lowest BCUT2D eigenvalue weighted by Gasteiger charge is -2.30. The average Bonchev–Trinajstić information content (AvgIpc) is 2.74. The molecule has 0 atom stereocenters. The summed E-state index contributed by atoms with van der Waals surface area (Å²) in [6.45, 7) is 10.6. The predicted molar refractivity (Wildman–Crippen MR) is 77.7 cm³/mol. The van der Waals surface area contributed by atoms with E-state index in [1.54, 1.807) is 4.90 Å². The fraction of sp³-hybridized carbons (Fsp3) is 0.667. The van der Waals surface area contributed by atoms with Crippen LogP contribution < -0.4 is 0 Å². The Hall–Kier alpha value is -2.03. The molecule has 0 aromatic carbocycles. The number of carbonyl (C=O) groups excluding carboxylic acids is 1. The standard InChI is InChI=1S/C15H22N4O2/c1-10(2)19-13-9-18(14(20)21-15(3,4)5)7-6-11(13)12(8-16)17-19/h10H,6-7,9H2,1-5H3. The summed E-state index contributed by atoms with van der Waals surface area (Å²) in [7, 11) is 0. The van der Waals surface area contributed by atoms with Gasteiger partial charge in [-0.05, 0) is 41.0 Å². The van der Waals surface area contributed by atoms with Crippen LogP contribution in [0.3, 0.4) is 0 Å². The highest BCUT2D eigenvalue weighted by molar-refractivity contribution is 5.68. The number of nitrogens with zero attached hydrogens (tertiary/aromatic N) is 4. The highest BCUT2D eigenvalue weighted by Gasteiger charge is 2.30. The maximum Gasteiger partial charge on any atom is 0.410 e. The second kappa shape index (κ2) is 5.40. The lowest BCUT2D eigenvalue weighted by molar-refractivity contribution is 0.0218. The molecule has 0 saturated heterocycles. The molecule has 6 heteroatoms. The molecule has 0 spiro atoms. The first-order valence-electron chi connectivity index (χ1n) is 7.21. The number of ether oxygens (including phenoxy) is 1. The number of fused-ring (bicyclic) bond motifs is 1. The van der Waals surface area contributed by atoms with Gasteiger partial charge >= 0.3 is 6.09 Å². The molecule has 0 bridgehead atoms. The summed E-state index contributed by atoms with van der Waals surface area (Å²) in [6.07, 6.45) is 0.327. The summed E-state index contributed by atoms with van der Waals surface area (Å²) in [5, 5.41) is 13.5. The molecule has 0 radical (unpaired) electrons. The molecule has 21 heavy (non-hydrogen) atoms. The van der Waals surface area contributed by atoms with E-state index in [0.29, 0.717) is 25.2 Å². The van der Waals surface area contributed by atoms with Crippen molar-refractivity contribution in [3.63, 3.8) is 0 Å². The van der Waals surface area contributed by atoms with Gasteiger partial charge in [0.2, 0.25) is 0 Å². The van der Waals surface area contributed by atoms with Crippen LogP contribution in [0, 0.1) is 11.3 Å². The van der Waals surface area contributed by atoms with Crippen LogP contribution in [-0.4, -0.2) is 32.9 Å². The summed E-state index contributed by atoms with van der Waals surface area (Å²) in [4.78, 5) is 13.9. The molecule has 0 aliphatic carbocycles. The van der Waals surface area contributed by atoms with Crippen LogP contribution in [0.5, 0.6) is 0 Å². The van der Waals surface area contributed by atoms with Crippen LogP contribution in [0.1, 0.15) is 57.6 Å². The van der Waals surface area contributed by atoms with Gasteiger partial charge < -0.3 is 9.64 Å². The molecule has 2 rings (SSSR count). The van der Waals surface area contributed by atoms with E-state index < -0.39 is 5.60 Å². The Morgan fingerprint density at radius 3 is 2.62 bits per heavy atom. The third-order valence-corrected chi connectivity index (χ3v) is 3.34. The van der Waals surface area contributed by atoms with Crippen molar-refractivity contribution in [1.82, 2.24) is 14.7 Å². The molecule has 0 unspecified atom stereocenters. The molecule has 114 valence electrons. The van der Waals surface area contributed by atoms with E-state index >= 15 is 0 Å². The summed E-state index contributed by atoms with van der Waals surface area (Å²) in [5.41, 5.74) is 1.88. The van der Waals surface area contributed by atoms with E-state index in [0.717, 1.165) is 11.3 Å². The molecule has 2 heterocycles. The lowest BCUT2D eigenvalue weighted by Crippen LogP contribution is -2.40. The SMILES string of the molecule is CC(C)n1nc(C#N)c2c1CN(C(=O)OC(C)(C)C)CC2. The Morgan fingerprint density at radius 1 is 1.43 bits per heavy atom. The fourth-order valence-corrected chi connectivity index (χ4v) is 2.44. The molecule has 1 amide bonds. The van der Waals surface area contributed by atoms with Gasteiger partial charge in [0, 0.05) is 18.2 Å². The summed E-state index contributed by atoms with van der Waals surface area (Å²) in [5.74, 6) is 0. The van der Waals surface area contributed by atoms with E-state index in [1.807, 2.05) is 39.3 Å². The molecular formula is C15H22N4O2. The van der Waals surface area contributed by atoms with Crippen LogP contribution in [0.2, 0.25) is 0 Å². The van der Waals surface area contributed by atoms with Crippen molar-refractivity contribution in [3.05, 3.63) is 17.0 Å². The largest absolute Gasteiger partial charge is 0.444 e. The van der Waals surface area contributed by atoms with Gasteiger partial charge in [-0.2, -0.15) is 10.4 Å². The van der Waals surface area contributed by atoms with Crippen LogP contribution in [0.15, 0.2) is 0 Å². The van der Waals surface area contributed by atoms with Gasteiger partial charge in [-0.1, -0.05) is 0 Å². The van der Waals surface area contributed by atoms with Gasteiger partial charge in [0.25, 0.3) is 0 Å². The van der Waals surface area contributed by atoms with Crippen molar-refractivity contribution in [1.29, 1.82) is 5.26 Å². The Kier molecular flexibility index (Phi) is 3.95. The molecule has 0 saturated carbocycles. The molecule has 1 aromatic rings. The Balaban J connectivity index is 2.26. The molecule has 1 aliphatic rings. The zero-order valence-corrected chi connectivity index (χ0v) is 13.3.